The predicted molar refractivity (Wildman–Crippen MR) is 94.4 cm³/mol. The van der Waals surface area contributed by atoms with Crippen molar-refractivity contribution in [1.29, 1.82) is 0 Å². The van der Waals surface area contributed by atoms with Crippen LogP contribution in [0.2, 0.25) is 5.02 Å². The molecule has 2 rings (SSSR count). The molecule has 5 nitrogen and oxygen atoms in total. The summed E-state index contributed by atoms with van der Waals surface area (Å²) in [6, 6.07) is 10.8. The molecule has 2 N–H and O–H groups in total. The first-order valence-corrected chi connectivity index (χ1v) is 8.00. The molecule has 0 aliphatic heterocycles. The Labute approximate surface area is 150 Å². The van der Waals surface area contributed by atoms with Gasteiger partial charge in [0, 0.05) is 6.54 Å². The number of hydrogen-bond acceptors (Lipinski definition) is 4. The molecule has 2 aromatic carbocycles. The lowest BCUT2D eigenvalue weighted by molar-refractivity contribution is -0.119. The average Bonchev–Trinajstić information content (AvgIpc) is 2.62. The summed E-state index contributed by atoms with van der Waals surface area (Å²) in [5.74, 6) is -0.992. The van der Waals surface area contributed by atoms with Gasteiger partial charge in [-0.3, -0.25) is 4.79 Å². The lowest BCUT2D eigenvalue weighted by Gasteiger charge is -2.10. The summed E-state index contributed by atoms with van der Waals surface area (Å²) >= 11 is 6.05. The van der Waals surface area contributed by atoms with Crippen LogP contribution >= 0.6 is 11.6 Å². The van der Waals surface area contributed by atoms with Gasteiger partial charge in [0.25, 0.3) is 0 Å². The third kappa shape index (κ3) is 5.76. The molecule has 0 heterocycles. The van der Waals surface area contributed by atoms with E-state index in [1.807, 2.05) is 0 Å². The van der Waals surface area contributed by atoms with E-state index in [1.54, 1.807) is 24.3 Å². The molecule has 0 unspecified atom stereocenters. The first-order valence-electron chi connectivity index (χ1n) is 7.62. The van der Waals surface area contributed by atoms with Crippen LogP contribution in [-0.2, 0) is 16.0 Å². The monoisotopic (exact) mass is 364 g/mol. The summed E-state index contributed by atoms with van der Waals surface area (Å²) in [5.41, 5.74) is 1.74. The van der Waals surface area contributed by atoms with Crippen LogP contribution in [0.1, 0.15) is 15.9 Å². The molecule has 0 saturated carbocycles. The maximum Gasteiger partial charge on any atom is 0.337 e. The van der Waals surface area contributed by atoms with Crippen molar-refractivity contribution in [1.82, 2.24) is 5.32 Å². The van der Waals surface area contributed by atoms with E-state index in [0.717, 1.165) is 5.56 Å². The highest BCUT2D eigenvalue weighted by Gasteiger charge is 2.10. The van der Waals surface area contributed by atoms with Crippen molar-refractivity contribution < 1.29 is 18.7 Å². The highest BCUT2D eigenvalue weighted by Crippen LogP contribution is 2.23. The van der Waals surface area contributed by atoms with Crippen molar-refractivity contribution in [2.24, 2.45) is 0 Å². The molecule has 1 amide bonds. The van der Waals surface area contributed by atoms with Crippen LogP contribution in [0.4, 0.5) is 10.1 Å². The summed E-state index contributed by atoms with van der Waals surface area (Å²) in [4.78, 5) is 23.4. The fourth-order valence-corrected chi connectivity index (χ4v) is 2.33. The van der Waals surface area contributed by atoms with Crippen molar-refractivity contribution in [3.63, 3.8) is 0 Å². The molecule has 25 heavy (non-hydrogen) atoms. The molecule has 0 aliphatic rings. The fraction of sp³-hybridized carbons (Fsp3) is 0.222. The second-order valence-corrected chi connectivity index (χ2v) is 5.67. The molecule has 0 spiro atoms. The first kappa shape index (κ1) is 18.7. The Morgan fingerprint density at radius 3 is 2.56 bits per heavy atom. The molecule has 132 valence electrons. The molecule has 7 heteroatoms. The number of ether oxygens (including phenoxy) is 1. The van der Waals surface area contributed by atoms with Gasteiger partial charge in [-0.2, -0.15) is 0 Å². The maximum absolute atomic E-state index is 12.8. The third-order valence-corrected chi connectivity index (χ3v) is 3.81. The zero-order chi connectivity index (χ0) is 18.2. The standard InChI is InChI=1S/C18H18ClFN2O3/c1-25-18(24)13-4-7-15(19)16(10-13)22-11-17(23)21-9-8-12-2-5-14(20)6-3-12/h2-7,10,22H,8-9,11H2,1H3,(H,21,23). The van der Waals surface area contributed by atoms with E-state index in [0.29, 0.717) is 29.2 Å². The van der Waals surface area contributed by atoms with E-state index in [1.165, 1.54) is 25.3 Å². The Kier molecular flexibility index (Phi) is 6.77. The lowest BCUT2D eigenvalue weighted by atomic mass is 10.1. The van der Waals surface area contributed by atoms with E-state index in [9.17, 15) is 14.0 Å². The van der Waals surface area contributed by atoms with Crippen LogP contribution in [0.3, 0.4) is 0 Å². The number of esters is 1. The third-order valence-electron chi connectivity index (χ3n) is 3.48. The van der Waals surface area contributed by atoms with Gasteiger partial charge in [-0.1, -0.05) is 23.7 Å². The highest BCUT2D eigenvalue weighted by atomic mass is 35.5. The SMILES string of the molecule is COC(=O)c1ccc(Cl)c(NCC(=O)NCCc2ccc(F)cc2)c1. The number of anilines is 1. The molecule has 0 radical (unpaired) electrons. The first-order chi connectivity index (χ1) is 12.0. The zero-order valence-corrected chi connectivity index (χ0v) is 14.4. The smallest absolute Gasteiger partial charge is 0.337 e. The zero-order valence-electron chi connectivity index (χ0n) is 13.6. The minimum absolute atomic E-state index is 0.00770. The van der Waals surface area contributed by atoms with Crippen LogP contribution in [0, 0.1) is 5.82 Å². The molecule has 0 aromatic heterocycles. The van der Waals surface area contributed by atoms with Crippen molar-refractivity contribution >= 4 is 29.2 Å². The molecule has 2 aromatic rings. The summed E-state index contributed by atoms with van der Waals surface area (Å²) in [7, 11) is 1.29. The van der Waals surface area contributed by atoms with Crippen LogP contribution < -0.4 is 10.6 Å². The van der Waals surface area contributed by atoms with Crippen molar-refractivity contribution in [3.05, 3.63) is 64.4 Å². The summed E-state index contributed by atoms with van der Waals surface area (Å²) in [6.07, 6.45) is 0.602. The molecule has 0 bridgehead atoms. The topological polar surface area (TPSA) is 67.4 Å². The van der Waals surface area contributed by atoms with Crippen LogP contribution in [0.5, 0.6) is 0 Å². The number of amides is 1. The second-order valence-electron chi connectivity index (χ2n) is 5.27. The predicted octanol–water partition coefficient (Wildman–Crippen LogP) is 3.04. The van der Waals surface area contributed by atoms with Gasteiger partial charge in [0.1, 0.15) is 5.82 Å². The van der Waals surface area contributed by atoms with Gasteiger partial charge in [-0.15, -0.1) is 0 Å². The quantitative estimate of drug-likeness (QED) is 0.741. The number of nitrogens with one attached hydrogen (secondary N) is 2. The molecule has 0 aliphatic carbocycles. The maximum atomic E-state index is 12.8. The van der Waals surface area contributed by atoms with Gasteiger partial charge in [0.2, 0.25) is 5.91 Å². The van der Waals surface area contributed by atoms with Crippen molar-refractivity contribution in [2.45, 2.75) is 6.42 Å². The van der Waals surface area contributed by atoms with Gasteiger partial charge >= 0.3 is 5.97 Å². The molecule has 0 saturated heterocycles. The van der Waals surface area contributed by atoms with Gasteiger partial charge in [0.15, 0.2) is 0 Å². The minimum atomic E-state index is -0.483. The van der Waals surface area contributed by atoms with E-state index in [2.05, 4.69) is 15.4 Å². The minimum Gasteiger partial charge on any atom is -0.465 e. The van der Waals surface area contributed by atoms with Crippen LogP contribution in [0.15, 0.2) is 42.5 Å². The Bertz CT molecular complexity index is 750. The van der Waals surface area contributed by atoms with Crippen molar-refractivity contribution in [2.75, 3.05) is 25.5 Å². The fourth-order valence-electron chi connectivity index (χ4n) is 2.14. The molecule has 0 atom stereocenters. The number of methoxy groups -OCH3 is 1. The van der Waals surface area contributed by atoms with E-state index in [4.69, 9.17) is 11.6 Å². The Morgan fingerprint density at radius 2 is 1.88 bits per heavy atom. The average molecular weight is 365 g/mol. The second kappa shape index (κ2) is 9.03. The number of rotatable bonds is 7. The Balaban J connectivity index is 1.81. The number of benzene rings is 2. The summed E-state index contributed by atoms with van der Waals surface area (Å²) < 4.78 is 17.5. The summed E-state index contributed by atoms with van der Waals surface area (Å²) in [5, 5.41) is 6.04. The number of carbonyl (C=O) groups is 2. The molecular weight excluding hydrogens is 347 g/mol. The Morgan fingerprint density at radius 1 is 1.16 bits per heavy atom. The normalized spacial score (nSPS) is 10.2. The van der Waals surface area contributed by atoms with Crippen LogP contribution in [0.25, 0.3) is 0 Å². The van der Waals surface area contributed by atoms with Crippen molar-refractivity contribution in [3.8, 4) is 0 Å². The van der Waals surface area contributed by atoms with E-state index >= 15 is 0 Å². The number of halogens is 2. The van der Waals surface area contributed by atoms with Gasteiger partial charge in [-0.05, 0) is 42.3 Å². The van der Waals surface area contributed by atoms with Crippen LogP contribution in [-0.4, -0.2) is 32.1 Å². The van der Waals surface area contributed by atoms with Gasteiger partial charge in [0.05, 0.1) is 29.9 Å². The lowest BCUT2D eigenvalue weighted by Crippen LogP contribution is -2.31. The van der Waals surface area contributed by atoms with E-state index in [-0.39, 0.29) is 18.3 Å². The number of hydrogen-bond donors (Lipinski definition) is 2. The molecule has 0 fully saturated rings. The van der Waals surface area contributed by atoms with Gasteiger partial charge < -0.3 is 15.4 Å². The Hall–Kier alpha value is -2.60. The molecular formula is C18H18ClFN2O3. The van der Waals surface area contributed by atoms with E-state index < -0.39 is 5.97 Å². The number of carbonyl (C=O) groups excluding carboxylic acids is 2. The summed E-state index contributed by atoms with van der Waals surface area (Å²) in [6.45, 7) is 0.440. The highest BCUT2D eigenvalue weighted by molar-refractivity contribution is 6.33. The largest absolute Gasteiger partial charge is 0.465 e. The van der Waals surface area contributed by atoms with Gasteiger partial charge in [-0.25, -0.2) is 9.18 Å².